The van der Waals surface area contributed by atoms with E-state index in [0.717, 1.165) is 12.8 Å². The standard InChI is InChI=1S/C39H34Si/c1-27-11-7-13-29(21-27)36-19-9-15-31-23-34(25-38(31)36)40(3,33-17-5-4-6-18-33)35-24-32-16-10-20-37(39(32)26-35)30-14-8-12-28(2)22-30/h4-22,25-26H,23-24H2,1-3H3. The summed E-state index contributed by atoms with van der Waals surface area (Å²) in [6, 6.07) is 43.0. The SMILES string of the molecule is Cc1cccc(-c2cccc3c2C=C([Si](C)(C2=Cc4c(cccc4-c4cccc(C)c4)C2)c2ccccc2)C3)c1. The van der Waals surface area contributed by atoms with E-state index in [2.05, 4.69) is 148 Å². The number of hydrogen-bond donors (Lipinski definition) is 0. The number of fused-ring (bicyclic) bond motifs is 2. The van der Waals surface area contributed by atoms with E-state index in [4.69, 9.17) is 0 Å². The first-order chi connectivity index (χ1) is 19.5. The van der Waals surface area contributed by atoms with Gasteiger partial charge in [-0.05, 0) is 71.2 Å². The molecule has 0 aromatic heterocycles. The summed E-state index contributed by atoms with van der Waals surface area (Å²) in [7, 11) is -2.20. The lowest BCUT2D eigenvalue weighted by Crippen LogP contribution is -2.49. The average molecular weight is 531 g/mol. The van der Waals surface area contributed by atoms with Gasteiger partial charge in [0.05, 0.1) is 0 Å². The summed E-state index contributed by atoms with van der Waals surface area (Å²) in [6.45, 7) is 6.96. The molecule has 1 heteroatoms. The van der Waals surface area contributed by atoms with Crippen molar-refractivity contribution in [3.63, 3.8) is 0 Å². The zero-order chi connectivity index (χ0) is 27.3. The third-order valence-corrected chi connectivity index (χ3v) is 13.8. The molecule has 0 radical (unpaired) electrons. The Morgan fingerprint density at radius 2 is 0.975 bits per heavy atom. The van der Waals surface area contributed by atoms with Crippen molar-refractivity contribution in [2.24, 2.45) is 0 Å². The molecule has 0 heterocycles. The Bertz CT molecular complexity index is 1710. The summed E-state index contributed by atoms with van der Waals surface area (Å²) in [4.78, 5) is 0. The van der Waals surface area contributed by atoms with E-state index in [1.807, 2.05) is 0 Å². The van der Waals surface area contributed by atoms with Crippen LogP contribution in [0.3, 0.4) is 0 Å². The maximum atomic E-state index is 2.59. The number of allylic oxidation sites excluding steroid dienone is 2. The zero-order valence-corrected chi connectivity index (χ0v) is 24.5. The average Bonchev–Trinajstić information content (AvgIpc) is 3.62. The number of rotatable bonds is 5. The maximum Gasteiger partial charge on any atom is 0.137 e. The molecule has 2 aliphatic rings. The molecular formula is C39H34Si. The van der Waals surface area contributed by atoms with Gasteiger partial charge in [0.2, 0.25) is 0 Å². The van der Waals surface area contributed by atoms with Crippen LogP contribution in [0.15, 0.2) is 126 Å². The minimum Gasteiger partial charge on any atom is -0.0668 e. The molecule has 194 valence electrons. The van der Waals surface area contributed by atoms with Gasteiger partial charge in [-0.3, -0.25) is 0 Å². The van der Waals surface area contributed by atoms with Gasteiger partial charge in [0.25, 0.3) is 0 Å². The lowest BCUT2D eigenvalue weighted by molar-refractivity contribution is 1.23. The molecule has 0 unspecified atom stereocenters. The van der Waals surface area contributed by atoms with Crippen LogP contribution in [0, 0.1) is 13.8 Å². The van der Waals surface area contributed by atoms with Crippen LogP contribution in [0.5, 0.6) is 0 Å². The Morgan fingerprint density at radius 1 is 0.500 bits per heavy atom. The van der Waals surface area contributed by atoms with Gasteiger partial charge in [-0.15, -0.1) is 0 Å². The molecule has 5 aromatic rings. The molecule has 0 saturated heterocycles. The second-order valence-corrected chi connectivity index (χ2v) is 15.8. The Kier molecular flexibility index (Phi) is 6.06. The second-order valence-electron chi connectivity index (χ2n) is 11.7. The quantitative estimate of drug-likeness (QED) is 0.199. The lowest BCUT2D eigenvalue weighted by Gasteiger charge is -2.32. The van der Waals surface area contributed by atoms with E-state index < -0.39 is 8.07 Å². The van der Waals surface area contributed by atoms with E-state index in [1.54, 1.807) is 10.4 Å². The van der Waals surface area contributed by atoms with Crippen molar-refractivity contribution >= 4 is 25.4 Å². The van der Waals surface area contributed by atoms with Crippen LogP contribution in [0.4, 0.5) is 0 Å². The summed E-state index contributed by atoms with van der Waals surface area (Å²) >= 11 is 0. The third kappa shape index (κ3) is 4.13. The highest BCUT2D eigenvalue weighted by atomic mass is 28.3. The number of benzene rings is 5. The number of hydrogen-bond acceptors (Lipinski definition) is 0. The van der Waals surface area contributed by atoms with Gasteiger partial charge in [-0.25, -0.2) is 0 Å². The molecule has 0 spiro atoms. The van der Waals surface area contributed by atoms with Crippen molar-refractivity contribution in [3.8, 4) is 22.3 Å². The minimum absolute atomic E-state index is 1.03. The molecule has 0 N–H and O–H groups in total. The first-order valence-electron chi connectivity index (χ1n) is 14.4. The highest BCUT2D eigenvalue weighted by Crippen LogP contribution is 2.43. The van der Waals surface area contributed by atoms with Crippen molar-refractivity contribution in [2.75, 3.05) is 0 Å². The number of aryl methyl sites for hydroxylation is 2. The predicted molar refractivity (Wildman–Crippen MR) is 174 cm³/mol. The summed E-state index contributed by atoms with van der Waals surface area (Å²) < 4.78 is 0. The van der Waals surface area contributed by atoms with E-state index in [9.17, 15) is 0 Å². The van der Waals surface area contributed by atoms with Crippen molar-refractivity contribution in [1.29, 1.82) is 0 Å². The zero-order valence-electron chi connectivity index (χ0n) is 23.5. The van der Waals surface area contributed by atoms with Crippen LogP contribution in [0.25, 0.3) is 34.4 Å². The normalized spacial score (nSPS) is 14.0. The first kappa shape index (κ1) is 24.8. The predicted octanol–water partition coefficient (Wildman–Crippen LogP) is 9.28. The van der Waals surface area contributed by atoms with Crippen molar-refractivity contribution < 1.29 is 0 Å². The second kappa shape index (κ2) is 9.77. The minimum atomic E-state index is -2.20. The molecule has 40 heavy (non-hydrogen) atoms. The highest BCUT2D eigenvalue weighted by Gasteiger charge is 2.41. The van der Waals surface area contributed by atoms with Crippen LogP contribution in [-0.2, 0) is 12.8 Å². The fraction of sp³-hybridized carbons (Fsp3) is 0.128. The van der Waals surface area contributed by atoms with E-state index in [-0.39, 0.29) is 0 Å². The molecule has 2 aliphatic carbocycles. The molecule has 0 bridgehead atoms. The molecule has 5 aromatic carbocycles. The molecule has 7 rings (SSSR count). The molecule has 0 atom stereocenters. The fourth-order valence-electron chi connectivity index (χ4n) is 6.86. The highest BCUT2D eigenvalue weighted by molar-refractivity contribution is 7.03. The summed E-state index contributed by atoms with van der Waals surface area (Å²) in [6.07, 6.45) is 7.20. The van der Waals surface area contributed by atoms with Crippen LogP contribution >= 0.6 is 0 Å². The van der Waals surface area contributed by atoms with Crippen LogP contribution < -0.4 is 5.19 Å². The molecule has 0 amide bonds. The van der Waals surface area contributed by atoms with Crippen LogP contribution in [-0.4, -0.2) is 8.07 Å². The molecular weight excluding hydrogens is 497 g/mol. The largest absolute Gasteiger partial charge is 0.137 e. The summed E-state index contributed by atoms with van der Waals surface area (Å²) in [5, 5.41) is 4.73. The van der Waals surface area contributed by atoms with Gasteiger partial charge >= 0.3 is 0 Å². The van der Waals surface area contributed by atoms with Gasteiger partial charge in [-0.2, -0.15) is 0 Å². The van der Waals surface area contributed by atoms with Gasteiger partial charge in [0, 0.05) is 0 Å². The van der Waals surface area contributed by atoms with Gasteiger partial charge in [0.1, 0.15) is 8.07 Å². The van der Waals surface area contributed by atoms with Crippen LogP contribution in [0.1, 0.15) is 33.4 Å². The molecule has 0 nitrogen and oxygen atoms in total. The van der Waals surface area contributed by atoms with Crippen molar-refractivity contribution in [2.45, 2.75) is 33.2 Å². The van der Waals surface area contributed by atoms with Gasteiger partial charge in [0.15, 0.2) is 0 Å². The van der Waals surface area contributed by atoms with Crippen molar-refractivity contribution in [3.05, 3.63) is 159 Å². The Morgan fingerprint density at radius 3 is 1.45 bits per heavy atom. The Balaban J connectivity index is 1.38. The Hall–Kier alpha value is -4.20. The summed E-state index contributed by atoms with van der Waals surface area (Å²) in [5.74, 6) is 0. The van der Waals surface area contributed by atoms with Crippen molar-refractivity contribution in [1.82, 2.24) is 0 Å². The lowest BCUT2D eigenvalue weighted by atomic mass is 9.96. The molecule has 0 fully saturated rings. The maximum absolute atomic E-state index is 2.59. The fourth-order valence-corrected chi connectivity index (χ4v) is 10.8. The van der Waals surface area contributed by atoms with E-state index in [0.29, 0.717) is 0 Å². The van der Waals surface area contributed by atoms with Crippen LogP contribution in [0.2, 0.25) is 6.55 Å². The third-order valence-electron chi connectivity index (χ3n) is 9.09. The molecule has 0 saturated carbocycles. The van der Waals surface area contributed by atoms with Gasteiger partial charge < -0.3 is 0 Å². The van der Waals surface area contributed by atoms with E-state index >= 15 is 0 Å². The monoisotopic (exact) mass is 530 g/mol. The topological polar surface area (TPSA) is 0 Å². The summed E-state index contributed by atoms with van der Waals surface area (Å²) in [5.41, 5.74) is 13.7. The smallest absolute Gasteiger partial charge is 0.0668 e. The van der Waals surface area contributed by atoms with Gasteiger partial charge in [-0.1, -0.05) is 161 Å². The molecule has 0 aliphatic heterocycles. The Labute approximate surface area is 239 Å². The van der Waals surface area contributed by atoms with E-state index in [1.165, 1.54) is 60.8 Å². The first-order valence-corrected chi connectivity index (χ1v) is 16.9.